The van der Waals surface area contributed by atoms with Crippen LogP contribution >= 0.6 is 11.3 Å². The summed E-state index contributed by atoms with van der Waals surface area (Å²) in [7, 11) is -3.36. The summed E-state index contributed by atoms with van der Waals surface area (Å²) in [5, 5.41) is 12.1. The van der Waals surface area contributed by atoms with Crippen LogP contribution in [0.2, 0.25) is 0 Å². The summed E-state index contributed by atoms with van der Waals surface area (Å²) in [5.74, 6) is -0.225. The van der Waals surface area contributed by atoms with Crippen molar-refractivity contribution >= 4 is 32.4 Å². The largest absolute Gasteiger partial charge is 0.299 e. The monoisotopic (exact) mass is 360 g/mol. The molecule has 1 aromatic heterocycles. The standard InChI is InChI=1S/C14H24N4O3S2/c1-3-5-8-12-16-17-14(22-12)15-13(19)11-7-6-9-18(11)23(20,21)10-4-2/h11H,3-10H2,1-2H3,(H,15,17,19). The lowest BCUT2D eigenvalue weighted by molar-refractivity contribution is -0.119. The number of nitrogens with zero attached hydrogens (tertiary/aromatic N) is 3. The van der Waals surface area contributed by atoms with Gasteiger partial charge in [0, 0.05) is 13.0 Å². The molecule has 0 radical (unpaired) electrons. The number of aromatic nitrogens is 2. The molecule has 1 unspecified atom stereocenters. The van der Waals surface area contributed by atoms with Crippen LogP contribution < -0.4 is 5.32 Å². The van der Waals surface area contributed by atoms with E-state index in [1.807, 2.05) is 6.92 Å². The predicted octanol–water partition coefficient (Wildman–Crippen LogP) is 2.02. The van der Waals surface area contributed by atoms with Gasteiger partial charge in [-0.1, -0.05) is 31.6 Å². The SMILES string of the molecule is CCCCc1nnc(NC(=O)C2CCCN2S(=O)(=O)CCC)s1. The Hall–Kier alpha value is -1.06. The fraction of sp³-hybridized carbons (Fsp3) is 0.786. The van der Waals surface area contributed by atoms with Crippen LogP contribution in [0, 0.1) is 0 Å². The molecule has 1 aliphatic rings. The van der Waals surface area contributed by atoms with Gasteiger partial charge in [0.25, 0.3) is 0 Å². The van der Waals surface area contributed by atoms with Gasteiger partial charge in [0.05, 0.1) is 5.75 Å². The van der Waals surface area contributed by atoms with E-state index in [1.54, 1.807) is 0 Å². The molecule has 0 spiro atoms. The number of amides is 1. The second kappa shape index (κ2) is 8.16. The van der Waals surface area contributed by atoms with E-state index in [2.05, 4.69) is 22.4 Å². The van der Waals surface area contributed by atoms with E-state index in [-0.39, 0.29) is 11.7 Å². The van der Waals surface area contributed by atoms with Crippen molar-refractivity contribution in [1.29, 1.82) is 0 Å². The molecule has 23 heavy (non-hydrogen) atoms. The first-order chi connectivity index (χ1) is 11.0. The van der Waals surface area contributed by atoms with Crippen molar-refractivity contribution in [2.24, 2.45) is 0 Å². The maximum absolute atomic E-state index is 12.4. The zero-order chi connectivity index (χ0) is 16.9. The highest BCUT2D eigenvalue weighted by atomic mass is 32.2. The quantitative estimate of drug-likeness (QED) is 0.766. The minimum Gasteiger partial charge on any atom is -0.299 e. The molecule has 1 saturated heterocycles. The maximum Gasteiger partial charge on any atom is 0.244 e. The zero-order valence-corrected chi connectivity index (χ0v) is 15.3. The van der Waals surface area contributed by atoms with E-state index in [1.165, 1.54) is 15.6 Å². The molecule has 1 atom stereocenters. The Labute approximate surface area is 141 Å². The van der Waals surface area contributed by atoms with E-state index in [9.17, 15) is 13.2 Å². The summed E-state index contributed by atoms with van der Waals surface area (Å²) >= 11 is 1.36. The molecule has 9 heteroatoms. The first-order valence-corrected chi connectivity index (χ1v) is 10.5. The average Bonchev–Trinajstić information content (AvgIpc) is 3.14. The molecule has 0 bridgehead atoms. The average molecular weight is 361 g/mol. The summed E-state index contributed by atoms with van der Waals surface area (Å²) in [6.45, 7) is 4.34. The van der Waals surface area contributed by atoms with Crippen LogP contribution in [0.25, 0.3) is 0 Å². The number of nitrogens with one attached hydrogen (secondary N) is 1. The number of aryl methyl sites for hydroxylation is 1. The van der Waals surface area contributed by atoms with E-state index in [4.69, 9.17) is 0 Å². The summed E-state index contributed by atoms with van der Waals surface area (Å²) in [4.78, 5) is 12.4. The second-order valence-corrected chi connectivity index (χ2v) is 8.78. The van der Waals surface area contributed by atoms with Gasteiger partial charge >= 0.3 is 0 Å². The Bertz CT molecular complexity index is 630. The minimum atomic E-state index is -3.36. The van der Waals surface area contributed by atoms with Gasteiger partial charge in [-0.2, -0.15) is 4.31 Å². The lowest BCUT2D eigenvalue weighted by Gasteiger charge is -2.22. The third-order valence-corrected chi connectivity index (χ3v) is 6.74. The Morgan fingerprint density at radius 3 is 2.83 bits per heavy atom. The Balaban J connectivity index is 2.00. The third-order valence-electron chi connectivity index (χ3n) is 3.77. The van der Waals surface area contributed by atoms with Crippen LogP contribution in [-0.2, 0) is 21.2 Å². The van der Waals surface area contributed by atoms with Crippen molar-refractivity contribution < 1.29 is 13.2 Å². The zero-order valence-electron chi connectivity index (χ0n) is 13.6. The summed E-state index contributed by atoms with van der Waals surface area (Å²) in [6.07, 6.45) is 4.77. The number of carbonyl (C=O) groups is 1. The van der Waals surface area contributed by atoms with Gasteiger partial charge in [-0.15, -0.1) is 10.2 Å². The van der Waals surface area contributed by atoms with Crippen molar-refractivity contribution in [3.8, 4) is 0 Å². The van der Waals surface area contributed by atoms with Crippen molar-refractivity contribution in [3.05, 3.63) is 5.01 Å². The van der Waals surface area contributed by atoms with Crippen LogP contribution in [0.3, 0.4) is 0 Å². The molecule has 2 rings (SSSR count). The molecule has 1 amide bonds. The second-order valence-electron chi connectivity index (χ2n) is 5.68. The molecular formula is C14H24N4O3S2. The topological polar surface area (TPSA) is 92.3 Å². The van der Waals surface area contributed by atoms with Gasteiger partial charge in [0.1, 0.15) is 11.0 Å². The van der Waals surface area contributed by atoms with Crippen molar-refractivity contribution in [3.63, 3.8) is 0 Å². The van der Waals surface area contributed by atoms with Crippen molar-refractivity contribution in [1.82, 2.24) is 14.5 Å². The summed E-state index contributed by atoms with van der Waals surface area (Å²) < 4.78 is 25.8. The molecule has 7 nitrogen and oxygen atoms in total. The molecule has 1 N–H and O–H groups in total. The molecule has 1 aromatic rings. The number of hydrogen-bond donors (Lipinski definition) is 1. The van der Waals surface area contributed by atoms with Gasteiger partial charge in [-0.05, 0) is 25.7 Å². The van der Waals surface area contributed by atoms with Gasteiger partial charge in [-0.3, -0.25) is 10.1 Å². The molecule has 130 valence electrons. The number of anilines is 1. The lowest BCUT2D eigenvalue weighted by Crippen LogP contribution is -2.44. The van der Waals surface area contributed by atoms with Crippen LogP contribution in [0.15, 0.2) is 0 Å². The fourth-order valence-electron chi connectivity index (χ4n) is 2.63. The predicted molar refractivity (Wildman–Crippen MR) is 91.0 cm³/mol. The number of rotatable bonds is 8. The lowest BCUT2D eigenvalue weighted by atomic mass is 10.2. The van der Waals surface area contributed by atoms with Gasteiger partial charge in [0.15, 0.2) is 0 Å². The highest BCUT2D eigenvalue weighted by molar-refractivity contribution is 7.89. The van der Waals surface area contributed by atoms with Crippen LogP contribution in [0.1, 0.15) is 51.0 Å². The fourth-order valence-corrected chi connectivity index (χ4v) is 5.16. The molecule has 1 aliphatic heterocycles. The van der Waals surface area contributed by atoms with E-state index in [0.717, 1.165) is 24.3 Å². The number of unbranched alkanes of at least 4 members (excludes halogenated alkanes) is 1. The highest BCUT2D eigenvalue weighted by Crippen LogP contribution is 2.24. The van der Waals surface area contributed by atoms with Gasteiger partial charge in [0.2, 0.25) is 21.1 Å². The van der Waals surface area contributed by atoms with Crippen LogP contribution in [-0.4, -0.2) is 47.2 Å². The molecule has 0 aliphatic carbocycles. The number of hydrogen-bond acceptors (Lipinski definition) is 6. The molecule has 2 heterocycles. The number of carbonyl (C=O) groups excluding carboxylic acids is 1. The van der Waals surface area contributed by atoms with E-state index < -0.39 is 16.1 Å². The molecule has 0 saturated carbocycles. The van der Waals surface area contributed by atoms with Crippen molar-refractivity contribution in [2.45, 2.75) is 58.4 Å². The van der Waals surface area contributed by atoms with Gasteiger partial charge < -0.3 is 0 Å². The van der Waals surface area contributed by atoms with E-state index >= 15 is 0 Å². The number of sulfonamides is 1. The van der Waals surface area contributed by atoms with Crippen LogP contribution in [0.5, 0.6) is 0 Å². The molecule has 0 aromatic carbocycles. The normalized spacial score (nSPS) is 19.1. The Morgan fingerprint density at radius 2 is 2.13 bits per heavy atom. The highest BCUT2D eigenvalue weighted by Gasteiger charge is 2.38. The minimum absolute atomic E-state index is 0.0801. The third kappa shape index (κ3) is 4.71. The Kier molecular flexibility index (Phi) is 6.49. The van der Waals surface area contributed by atoms with Crippen molar-refractivity contribution in [2.75, 3.05) is 17.6 Å². The maximum atomic E-state index is 12.4. The first-order valence-electron chi connectivity index (χ1n) is 8.10. The summed E-state index contributed by atoms with van der Waals surface area (Å²) in [6, 6.07) is -0.630. The molecule has 1 fully saturated rings. The first kappa shape index (κ1) is 18.3. The van der Waals surface area contributed by atoms with Gasteiger partial charge in [-0.25, -0.2) is 8.42 Å². The summed E-state index contributed by atoms with van der Waals surface area (Å²) in [5.41, 5.74) is 0. The van der Waals surface area contributed by atoms with Crippen LogP contribution in [0.4, 0.5) is 5.13 Å². The Morgan fingerprint density at radius 1 is 1.35 bits per heavy atom. The molecular weight excluding hydrogens is 336 g/mol. The van der Waals surface area contributed by atoms with E-state index in [0.29, 0.717) is 30.9 Å². The smallest absolute Gasteiger partial charge is 0.244 e.